The van der Waals surface area contributed by atoms with Crippen molar-refractivity contribution in [1.82, 2.24) is 19.7 Å². The second-order valence-corrected chi connectivity index (χ2v) is 4.51. The topological polar surface area (TPSA) is 54.2 Å². The predicted molar refractivity (Wildman–Crippen MR) is 70.8 cm³/mol. The fourth-order valence-electron chi connectivity index (χ4n) is 2.33. The van der Waals surface area contributed by atoms with Crippen LogP contribution in [0.15, 0.2) is 24.4 Å². The zero-order valence-electron chi connectivity index (χ0n) is 10.5. The van der Waals surface area contributed by atoms with E-state index in [1.54, 1.807) is 6.20 Å². The lowest BCUT2D eigenvalue weighted by atomic mass is 10.1. The molecular weight excluding hydrogens is 240 g/mol. The second kappa shape index (κ2) is 4.75. The van der Waals surface area contributed by atoms with Crippen LogP contribution in [0.2, 0.25) is 0 Å². The van der Waals surface area contributed by atoms with Crippen molar-refractivity contribution in [2.45, 2.75) is 13.0 Å². The van der Waals surface area contributed by atoms with Gasteiger partial charge in [0.2, 0.25) is 5.88 Å². The summed E-state index contributed by atoms with van der Waals surface area (Å²) in [7, 11) is 0. The lowest BCUT2D eigenvalue weighted by molar-refractivity contribution is 0.281. The van der Waals surface area contributed by atoms with Crippen molar-refractivity contribution in [3.8, 4) is 24.0 Å². The lowest BCUT2D eigenvalue weighted by Crippen LogP contribution is -2.30. The van der Waals surface area contributed by atoms with E-state index in [-0.39, 0.29) is 5.88 Å². The SMILES string of the molecule is C#CCN1CCc2c(nn(-c3ccccn3)c2O)C1. The molecule has 0 bridgehead atoms. The van der Waals surface area contributed by atoms with Gasteiger partial charge in [0.15, 0.2) is 5.82 Å². The van der Waals surface area contributed by atoms with Crippen LogP contribution in [0.3, 0.4) is 0 Å². The van der Waals surface area contributed by atoms with Crippen LogP contribution in [0.4, 0.5) is 0 Å². The maximum Gasteiger partial charge on any atom is 0.219 e. The van der Waals surface area contributed by atoms with Gasteiger partial charge in [-0.15, -0.1) is 6.42 Å². The predicted octanol–water partition coefficient (Wildman–Crippen LogP) is 0.964. The number of terminal acetylenes is 1. The number of nitrogens with zero attached hydrogens (tertiary/aromatic N) is 4. The van der Waals surface area contributed by atoms with E-state index in [2.05, 4.69) is 20.9 Å². The van der Waals surface area contributed by atoms with Gasteiger partial charge in [0.25, 0.3) is 0 Å². The van der Waals surface area contributed by atoms with Gasteiger partial charge in [0.1, 0.15) is 0 Å². The number of hydrogen-bond donors (Lipinski definition) is 1. The van der Waals surface area contributed by atoms with Gasteiger partial charge in [0, 0.05) is 24.8 Å². The number of hydrogen-bond acceptors (Lipinski definition) is 4. The number of aromatic hydroxyl groups is 1. The van der Waals surface area contributed by atoms with Crippen molar-refractivity contribution in [3.05, 3.63) is 35.7 Å². The highest BCUT2D eigenvalue weighted by molar-refractivity contribution is 5.38. The quantitative estimate of drug-likeness (QED) is 0.811. The highest BCUT2D eigenvalue weighted by Crippen LogP contribution is 2.28. The number of pyridine rings is 1. The Morgan fingerprint density at radius 2 is 2.32 bits per heavy atom. The molecule has 5 heteroatoms. The van der Waals surface area contributed by atoms with Crippen LogP contribution in [0, 0.1) is 12.3 Å². The summed E-state index contributed by atoms with van der Waals surface area (Å²) in [6, 6.07) is 5.52. The summed E-state index contributed by atoms with van der Waals surface area (Å²) >= 11 is 0. The first-order valence-electron chi connectivity index (χ1n) is 6.16. The van der Waals surface area contributed by atoms with Crippen LogP contribution in [0.25, 0.3) is 5.82 Å². The van der Waals surface area contributed by atoms with Crippen LogP contribution < -0.4 is 0 Å². The molecule has 3 rings (SSSR count). The first kappa shape index (κ1) is 11.8. The summed E-state index contributed by atoms with van der Waals surface area (Å²) in [5, 5.41) is 14.7. The number of aromatic nitrogens is 3. The summed E-state index contributed by atoms with van der Waals surface area (Å²) in [5.41, 5.74) is 1.78. The molecule has 0 unspecified atom stereocenters. The van der Waals surface area contributed by atoms with Gasteiger partial charge in [-0.3, -0.25) is 4.90 Å². The Kier molecular flexibility index (Phi) is 2.94. The van der Waals surface area contributed by atoms with Crippen molar-refractivity contribution < 1.29 is 5.11 Å². The van der Waals surface area contributed by atoms with Crippen LogP contribution in [0.5, 0.6) is 5.88 Å². The lowest BCUT2D eigenvalue weighted by Gasteiger charge is -2.23. The summed E-state index contributed by atoms with van der Waals surface area (Å²) in [5.74, 6) is 3.45. The molecule has 0 fully saturated rings. The largest absolute Gasteiger partial charge is 0.493 e. The minimum atomic E-state index is 0.189. The van der Waals surface area contributed by atoms with Crippen molar-refractivity contribution in [3.63, 3.8) is 0 Å². The zero-order valence-corrected chi connectivity index (χ0v) is 10.5. The summed E-state index contributed by atoms with van der Waals surface area (Å²) in [6.07, 6.45) is 7.77. The van der Waals surface area contributed by atoms with Gasteiger partial charge >= 0.3 is 0 Å². The molecule has 1 aliphatic rings. The molecule has 5 nitrogen and oxygen atoms in total. The van der Waals surface area contributed by atoms with E-state index in [0.29, 0.717) is 18.9 Å². The van der Waals surface area contributed by atoms with Crippen LogP contribution in [-0.4, -0.2) is 37.9 Å². The van der Waals surface area contributed by atoms with Crippen LogP contribution in [0.1, 0.15) is 11.3 Å². The summed E-state index contributed by atoms with van der Waals surface area (Å²) < 4.78 is 1.49. The normalized spacial score (nSPS) is 14.9. The fourth-order valence-corrected chi connectivity index (χ4v) is 2.33. The molecule has 2 aromatic heterocycles. The summed E-state index contributed by atoms with van der Waals surface area (Å²) in [4.78, 5) is 6.34. The fraction of sp³-hybridized carbons (Fsp3) is 0.286. The molecule has 3 heterocycles. The number of rotatable bonds is 2. The minimum absolute atomic E-state index is 0.189. The zero-order chi connectivity index (χ0) is 13.2. The molecule has 0 aliphatic carbocycles. The molecule has 19 heavy (non-hydrogen) atoms. The third kappa shape index (κ3) is 2.07. The molecule has 0 radical (unpaired) electrons. The molecule has 1 aliphatic heterocycles. The Morgan fingerprint density at radius 1 is 1.42 bits per heavy atom. The smallest absolute Gasteiger partial charge is 0.219 e. The average Bonchev–Trinajstić information content (AvgIpc) is 2.77. The van der Waals surface area contributed by atoms with Gasteiger partial charge in [0.05, 0.1) is 12.2 Å². The molecule has 0 atom stereocenters. The van der Waals surface area contributed by atoms with Gasteiger partial charge in [-0.25, -0.2) is 4.98 Å². The van der Waals surface area contributed by atoms with Crippen molar-refractivity contribution >= 4 is 0 Å². The van der Waals surface area contributed by atoms with E-state index < -0.39 is 0 Å². The van der Waals surface area contributed by atoms with E-state index >= 15 is 0 Å². The first-order valence-corrected chi connectivity index (χ1v) is 6.16. The Bertz CT molecular complexity index is 627. The van der Waals surface area contributed by atoms with Crippen LogP contribution in [-0.2, 0) is 13.0 Å². The molecule has 0 spiro atoms. The van der Waals surface area contributed by atoms with Gasteiger partial charge < -0.3 is 5.11 Å². The van der Waals surface area contributed by atoms with E-state index in [1.165, 1.54) is 4.68 Å². The first-order chi connectivity index (χ1) is 9.29. The Labute approximate surface area is 111 Å². The third-order valence-electron chi connectivity index (χ3n) is 3.27. The van der Waals surface area contributed by atoms with Crippen molar-refractivity contribution in [2.75, 3.05) is 13.1 Å². The molecule has 1 N–H and O–H groups in total. The maximum absolute atomic E-state index is 10.2. The highest BCUT2D eigenvalue weighted by atomic mass is 16.3. The molecular formula is C14H14N4O. The Hall–Kier alpha value is -2.32. The maximum atomic E-state index is 10.2. The van der Waals surface area contributed by atoms with Gasteiger partial charge in [-0.2, -0.15) is 9.78 Å². The second-order valence-electron chi connectivity index (χ2n) is 4.51. The molecule has 0 saturated heterocycles. The van der Waals surface area contributed by atoms with Gasteiger partial charge in [-0.05, 0) is 18.6 Å². The van der Waals surface area contributed by atoms with E-state index in [1.807, 2.05) is 18.2 Å². The van der Waals surface area contributed by atoms with Gasteiger partial charge in [-0.1, -0.05) is 12.0 Å². The summed E-state index contributed by atoms with van der Waals surface area (Å²) in [6.45, 7) is 2.13. The molecule has 0 aromatic carbocycles. The Balaban J connectivity index is 1.97. The minimum Gasteiger partial charge on any atom is -0.493 e. The van der Waals surface area contributed by atoms with E-state index in [9.17, 15) is 5.11 Å². The third-order valence-corrected chi connectivity index (χ3v) is 3.27. The molecule has 2 aromatic rings. The van der Waals surface area contributed by atoms with Crippen molar-refractivity contribution in [1.29, 1.82) is 0 Å². The van der Waals surface area contributed by atoms with E-state index in [0.717, 1.165) is 24.2 Å². The average molecular weight is 254 g/mol. The van der Waals surface area contributed by atoms with Crippen LogP contribution >= 0.6 is 0 Å². The van der Waals surface area contributed by atoms with E-state index in [4.69, 9.17) is 6.42 Å². The number of fused-ring (bicyclic) bond motifs is 1. The standard InChI is InChI=1S/C14H14N4O/c1-2-8-17-9-6-11-12(10-17)16-18(14(11)19)13-5-3-4-7-15-13/h1,3-5,7,19H,6,8-10H2. The molecule has 0 saturated carbocycles. The highest BCUT2D eigenvalue weighted by Gasteiger charge is 2.24. The van der Waals surface area contributed by atoms with Crippen molar-refractivity contribution in [2.24, 2.45) is 0 Å². The molecule has 0 amide bonds. The molecule has 96 valence electrons. The monoisotopic (exact) mass is 254 g/mol. The Morgan fingerprint density at radius 3 is 3.05 bits per heavy atom.